The number of hydrogen-bond acceptors (Lipinski definition) is 6. The van der Waals surface area contributed by atoms with Crippen LogP contribution in [0, 0.1) is 0 Å². The molecule has 8 heteroatoms. The van der Waals surface area contributed by atoms with Crippen molar-refractivity contribution in [2.45, 2.75) is 19.4 Å². The summed E-state index contributed by atoms with van der Waals surface area (Å²) in [4.78, 5) is 23.2. The average Bonchev–Trinajstić information content (AvgIpc) is 3.21. The van der Waals surface area contributed by atoms with Crippen LogP contribution in [0.4, 0.5) is 16.4 Å². The van der Waals surface area contributed by atoms with Gasteiger partial charge in [0.1, 0.15) is 13.2 Å². The molecular formula is C18H21N5O3. The van der Waals surface area contributed by atoms with Crippen molar-refractivity contribution < 1.29 is 14.3 Å². The number of amides is 2. The first-order valence-electron chi connectivity index (χ1n) is 8.79. The van der Waals surface area contributed by atoms with E-state index in [0.29, 0.717) is 36.9 Å². The number of benzene rings is 1. The maximum atomic E-state index is 12.1. The molecule has 2 aromatic rings. The van der Waals surface area contributed by atoms with Gasteiger partial charge in [0.2, 0.25) is 5.95 Å². The Balaban J connectivity index is 1.33. The lowest BCUT2D eigenvalue weighted by atomic mass is 10.2. The number of aromatic nitrogens is 2. The summed E-state index contributed by atoms with van der Waals surface area (Å²) in [5.41, 5.74) is 1.42. The Morgan fingerprint density at radius 2 is 1.92 bits per heavy atom. The number of carbonyl (C=O) groups excluding carboxylic acids is 1. The van der Waals surface area contributed by atoms with Gasteiger partial charge in [0.05, 0.1) is 12.2 Å². The molecular weight excluding hydrogens is 334 g/mol. The first-order valence-corrected chi connectivity index (χ1v) is 8.79. The number of hydrogen-bond donors (Lipinski definition) is 2. The molecule has 0 radical (unpaired) electrons. The maximum Gasteiger partial charge on any atom is 0.319 e. The number of carbonyl (C=O) groups is 1. The predicted octanol–water partition coefficient (Wildman–Crippen LogP) is 2.17. The smallest absolute Gasteiger partial charge is 0.319 e. The molecule has 0 atom stereocenters. The highest BCUT2D eigenvalue weighted by molar-refractivity contribution is 5.89. The molecule has 2 N–H and O–H groups in total. The van der Waals surface area contributed by atoms with Crippen molar-refractivity contribution in [2.75, 3.05) is 36.5 Å². The summed E-state index contributed by atoms with van der Waals surface area (Å²) in [5.74, 6) is 2.06. The van der Waals surface area contributed by atoms with Gasteiger partial charge in [-0.15, -0.1) is 0 Å². The Labute approximate surface area is 151 Å². The monoisotopic (exact) mass is 355 g/mol. The molecule has 1 aromatic heterocycles. The fraction of sp³-hybridized carbons (Fsp3) is 0.389. The average molecular weight is 355 g/mol. The van der Waals surface area contributed by atoms with Crippen molar-refractivity contribution in [3.63, 3.8) is 0 Å². The van der Waals surface area contributed by atoms with Crippen LogP contribution in [0.15, 0.2) is 30.5 Å². The molecule has 0 unspecified atom stereocenters. The number of urea groups is 1. The SMILES string of the molecule is O=C(NCc1ccnc(N2CCCC2)n1)Nc1ccc2c(c1)OCCO2. The van der Waals surface area contributed by atoms with Crippen molar-refractivity contribution in [3.05, 3.63) is 36.2 Å². The van der Waals surface area contributed by atoms with E-state index in [-0.39, 0.29) is 6.03 Å². The van der Waals surface area contributed by atoms with Gasteiger partial charge in [0.15, 0.2) is 11.5 Å². The van der Waals surface area contributed by atoms with E-state index in [4.69, 9.17) is 9.47 Å². The van der Waals surface area contributed by atoms with Crippen molar-refractivity contribution in [3.8, 4) is 11.5 Å². The summed E-state index contributed by atoms with van der Waals surface area (Å²) >= 11 is 0. The van der Waals surface area contributed by atoms with Gasteiger partial charge in [-0.2, -0.15) is 0 Å². The molecule has 26 heavy (non-hydrogen) atoms. The lowest BCUT2D eigenvalue weighted by Crippen LogP contribution is -2.29. The molecule has 1 fully saturated rings. The van der Waals surface area contributed by atoms with Crippen LogP contribution in [-0.2, 0) is 6.54 Å². The van der Waals surface area contributed by atoms with Crippen LogP contribution in [0.1, 0.15) is 18.5 Å². The van der Waals surface area contributed by atoms with E-state index in [0.717, 1.165) is 24.7 Å². The molecule has 136 valence electrons. The van der Waals surface area contributed by atoms with Gasteiger partial charge in [-0.05, 0) is 31.0 Å². The van der Waals surface area contributed by atoms with Crippen LogP contribution >= 0.6 is 0 Å². The van der Waals surface area contributed by atoms with Crippen LogP contribution < -0.4 is 25.0 Å². The standard InChI is InChI=1S/C18H21N5O3/c24-18(22-13-3-4-15-16(11-13)26-10-9-25-15)20-12-14-5-6-19-17(21-14)23-7-1-2-8-23/h3-6,11H,1-2,7-10,12H2,(H2,20,22,24). The molecule has 8 nitrogen and oxygen atoms in total. The Morgan fingerprint density at radius 3 is 2.77 bits per heavy atom. The van der Waals surface area contributed by atoms with Crippen molar-refractivity contribution in [1.82, 2.24) is 15.3 Å². The highest BCUT2D eigenvalue weighted by Crippen LogP contribution is 2.32. The Kier molecular flexibility index (Phi) is 4.72. The van der Waals surface area contributed by atoms with Crippen LogP contribution in [-0.4, -0.2) is 42.3 Å². The fourth-order valence-electron chi connectivity index (χ4n) is 3.02. The Morgan fingerprint density at radius 1 is 1.12 bits per heavy atom. The number of nitrogens with one attached hydrogen (secondary N) is 2. The van der Waals surface area contributed by atoms with Crippen molar-refractivity contribution in [2.24, 2.45) is 0 Å². The minimum atomic E-state index is -0.303. The molecule has 0 saturated carbocycles. The molecule has 3 heterocycles. The van der Waals surface area contributed by atoms with Gasteiger partial charge in [0, 0.05) is 31.0 Å². The minimum absolute atomic E-state index is 0.303. The summed E-state index contributed by atoms with van der Waals surface area (Å²) in [6.45, 7) is 3.36. The van der Waals surface area contributed by atoms with E-state index in [1.54, 1.807) is 24.4 Å². The summed E-state index contributed by atoms with van der Waals surface area (Å²) in [7, 11) is 0. The minimum Gasteiger partial charge on any atom is -0.486 e. The van der Waals surface area contributed by atoms with E-state index in [1.807, 2.05) is 6.07 Å². The predicted molar refractivity (Wildman–Crippen MR) is 96.8 cm³/mol. The normalized spacial score (nSPS) is 15.6. The first-order chi connectivity index (χ1) is 12.8. The number of rotatable bonds is 4. The molecule has 0 bridgehead atoms. The van der Waals surface area contributed by atoms with E-state index >= 15 is 0 Å². The van der Waals surface area contributed by atoms with E-state index < -0.39 is 0 Å². The van der Waals surface area contributed by atoms with E-state index in [2.05, 4.69) is 25.5 Å². The highest BCUT2D eigenvalue weighted by atomic mass is 16.6. The first kappa shape index (κ1) is 16.4. The number of anilines is 2. The van der Waals surface area contributed by atoms with Gasteiger partial charge in [-0.3, -0.25) is 0 Å². The lowest BCUT2D eigenvalue weighted by molar-refractivity contribution is 0.171. The molecule has 0 aliphatic carbocycles. The molecule has 2 aliphatic heterocycles. The van der Waals surface area contributed by atoms with Crippen molar-refractivity contribution in [1.29, 1.82) is 0 Å². The largest absolute Gasteiger partial charge is 0.486 e. The van der Waals surface area contributed by atoms with Gasteiger partial charge in [-0.1, -0.05) is 0 Å². The van der Waals surface area contributed by atoms with Gasteiger partial charge >= 0.3 is 6.03 Å². The molecule has 1 aromatic carbocycles. The number of nitrogens with zero attached hydrogens (tertiary/aromatic N) is 3. The zero-order chi connectivity index (χ0) is 17.8. The third-order valence-electron chi connectivity index (χ3n) is 4.32. The molecule has 2 aliphatic rings. The fourth-order valence-corrected chi connectivity index (χ4v) is 3.02. The molecule has 0 spiro atoms. The second kappa shape index (κ2) is 7.47. The second-order valence-electron chi connectivity index (χ2n) is 6.21. The summed E-state index contributed by atoms with van der Waals surface area (Å²) < 4.78 is 11.0. The number of ether oxygens (including phenoxy) is 2. The van der Waals surface area contributed by atoms with E-state index in [1.165, 1.54) is 12.8 Å². The lowest BCUT2D eigenvalue weighted by Gasteiger charge is -2.19. The Bertz CT molecular complexity index is 792. The molecule has 4 rings (SSSR count). The zero-order valence-corrected chi connectivity index (χ0v) is 14.4. The van der Waals surface area contributed by atoms with Crippen molar-refractivity contribution >= 4 is 17.7 Å². The van der Waals surface area contributed by atoms with Gasteiger partial charge < -0.3 is 25.0 Å². The highest BCUT2D eigenvalue weighted by Gasteiger charge is 2.15. The summed E-state index contributed by atoms with van der Waals surface area (Å²) in [6.07, 6.45) is 4.07. The maximum absolute atomic E-state index is 12.1. The van der Waals surface area contributed by atoms with Crippen LogP contribution in [0.25, 0.3) is 0 Å². The molecule has 1 saturated heterocycles. The summed E-state index contributed by atoms with van der Waals surface area (Å²) in [6, 6.07) is 6.83. The third kappa shape index (κ3) is 3.79. The second-order valence-corrected chi connectivity index (χ2v) is 6.21. The molecule has 2 amide bonds. The number of fused-ring (bicyclic) bond motifs is 1. The van der Waals surface area contributed by atoms with Gasteiger partial charge in [0.25, 0.3) is 0 Å². The zero-order valence-electron chi connectivity index (χ0n) is 14.4. The van der Waals surface area contributed by atoms with Crippen LogP contribution in [0.3, 0.4) is 0 Å². The van der Waals surface area contributed by atoms with Crippen LogP contribution in [0.5, 0.6) is 11.5 Å². The topological polar surface area (TPSA) is 88.6 Å². The van der Waals surface area contributed by atoms with E-state index in [9.17, 15) is 4.79 Å². The third-order valence-corrected chi connectivity index (χ3v) is 4.32. The van der Waals surface area contributed by atoms with Crippen LogP contribution in [0.2, 0.25) is 0 Å². The Hall–Kier alpha value is -3.03. The van der Waals surface area contributed by atoms with Gasteiger partial charge in [-0.25, -0.2) is 14.8 Å². The summed E-state index contributed by atoms with van der Waals surface area (Å²) in [5, 5.41) is 5.61. The quantitative estimate of drug-likeness (QED) is 0.874.